The number of H-pyrrole nitrogens is 1. The number of nitrogen functional groups attached to an aromatic ring is 1. The molecular formula is C9H9ClN6OS. The molecule has 0 radical (unpaired) electrons. The maximum Gasteiger partial charge on any atom is 0.344 e. The smallest absolute Gasteiger partial charge is 0.344 e. The van der Waals surface area contributed by atoms with E-state index in [9.17, 15) is 4.79 Å². The van der Waals surface area contributed by atoms with E-state index in [1.807, 2.05) is 0 Å². The van der Waals surface area contributed by atoms with Gasteiger partial charge in [-0.3, -0.25) is 4.57 Å². The molecule has 0 atom stereocenters. The molecule has 0 amide bonds. The average Bonchev–Trinajstić information content (AvgIpc) is 3.10. The van der Waals surface area contributed by atoms with Crippen molar-refractivity contribution in [2.75, 3.05) is 5.73 Å². The van der Waals surface area contributed by atoms with Crippen LogP contribution in [-0.2, 0) is 0 Å². The molecular weight excluding hydrogens is 276 g/mol. The number of aromatic nitrogens is 5. The summed E-state index contributed by atoms with van der Waals surface area (Å²) in [5.41, 5.74) is 5.30. The zero-order chi connectivity index (χ0) is 12.7. The first kappa shape index (κ1) is 11.5. The summed E-state index contributed by atoms with van der Waals surface area (Å²) in [4.78, 5) is 19.4. The van der Waals surface area contributed by atoms with Crippen LogP contribution in [0, 0.1) is 0 Å². The largest absolute Gasteiger partial charge is 0.368 e. The number of hydrogen-bond donors (Lipinski definition) is 2. The van der Waals surface area contributed by atoms with Crippen LogP contribution in [0.5, 0.6) is 0 Å². The lowest BCUT2D eigenvalue weighted by Crippen LogP contribution is -2.16. The van der Waals surface area contributed by atoms with Crippen LogP contribution in [-0.4, -0.2) is 24.7 Å². The fourth-order valence-corrected chi connectivity index (χ4v) is 2.63. The predicted molar refractivity (Wildman–Crippen MR) is 66.7 cm³/mol. The Labute approximate surface area is 111 Å². The standard InChI is InChI=1S/C9H9ClN6OS/c10-5-3-12-7(11)13-6(5)18-9-15-14-8(17)16(9)4-1-2-4/h3-4H,1-2H2,(H,14,17)(H2,11,12,13). The number of nitrogens with one attached hydrogen (secondary N) is 1. The highest BCUT2D eigenvalue weighted by atomic mass is 35.5. The van der Waals surface area contributed by atoms with Crippen LogP contribution >= 0.6 is 23.4 Å². The fraction of sp³-hybridized carbons (Fsp3) is 0.333. The first-order valence-electron chi connectivity index (χ1n) is 5.28. The molecule has 94 valence electrons. The van der Waals surface area contributed by atoms with Gasteiger partial charge in [0.05, 0.1) is 11.2 Å². The molecule has 3 rings (SSSR count). The Bertz CT molecular complexity index is 649. The molecule has 7 nitrogen and oxygen atoms in total. The Morgan fingerprint density at radius 1 is 1.56 bits per heavy atom. The number of nitrogens with zero attached hydrogens (tertiary/aromatic N) is 4. The van der Waals surface area contributed by atoms with Crippen LogP contribution in [0.15, 0.2) is 21.2 Å². The molecule has 1 saturated carbocycles. The van der Waals surface area contributed by atoms with Gasteiger partial charge in [-0.15, -0.1) is 5.10 Å². The van der Waals surface area contributed by atoms with Crippen LogP contribution in [0.25, 0.3) is 0 Å². The molecule has 0 aliphatic heterocycles. The lowest BCUT2D eigenvalue weighted by Gasteiger charge is -2.04. The number of rotatable bonds is 3. The monoisotopic (exact) mass is 284 g/mol. The van der Waals surface area contributed by atoms with E-state index >= 15 is 0 Å². The van der Waals surface area contributed by atoms with Crippen LogP contribution in [0.3, 0.4) is 0 Å². The summed E-state index contributed by atoms with van der Waals surface area (Å²) >= 11 is 7.18. The molecule has 3 N–H and O–H groups in total. The number of hydrogen-bond acceptors (Lipinski definition) is 6. The van der Waals surface area contributed by atoms with Gasteiger partial charge in [0, 0.05) is 6.04 Å². The molecule has 2 aromatic rings. The van der Waals surface area contributed by atoms with Crippen LogP contribution < -0.4 is 11.4 Å². The summed E-state index contributed by atoms with van der Waals surface area (Å²) in [5.74, 6) is 0.137. The number of nitrogens with two attached hydrogens (primary N) is 1. The molecule has 0 unspecified atom stereocenters. The highest BCUT2D eigenvalue weighted by molar-refractivity contribution is 7.99. The molecule has 1 aliphatic carbocycles. The molecule has 9 heteroatoms. The lowest BCUT2D eigenvalue weighted by molar-refractivity contribution is 0.642. The topological polar surface area (TPSA) is 102 Å². The summed E-state index contributed by atoms with van der Waals surface area (Å²) in [6, 6.07) is 0.233. The van der Waals surface area contributed by atoms with Gasteiger partial charge in [-0.05, 0) is 24.6 Å². The highest BCUT2D eigenvalue weighted by Crippen LogP contribution is 2.38. The van der Waals surface area contributed by atoms with Crippen LogP contribution in [0.2, 0.25) is 5.02 Å². The van der Waals surface area contributed by atoms with Crippen LogP contribution in [0.1, 0.15) is 18.9 Å². The summed E-state index contributed by atoms with van der Waals surface area (Å²) in [7, 11) is 0. The molecule has 2 aromatic heterocycles. The van der Waals surface area contributed by atoms with E-state index < -0.39 is 0 Å². The van der Waals surface area contributed by atoms with E-state index in [1.54, 1.807) is 4.57 Å². The number of halogens is 1. The minimum atomic E-state index is -0.210. The van der Waals surface area contributed by atoms with Gasteiger partial charge in [0.25, 0.3) is 0 Å². The molecule has 1 fully saturated rings. The first-order chi connectivity index (χ1) is 8.65. The second kappa shape index (κ2) is 4.29. The Hall–Kier alpha value is -1.54. The van der Waals surface area contributed by atoms with E-state index in [2.05, 4.69) is 20.2 Å². The van der Waals surface area contributed by atoms with E-state index in [0.717, 1.165) is 12.8 Å². The van der Waals surface area contributed by atoms with Crippen molar-refractivity contribution in [3.8, 4) is 0 Å². The van der Waals surface area contributed by atoms with Crippen LogP contribution in [0.4, 0.5) is 5.95 Å². The Morgan fingerprint density at radius 2 is 2.33 bits per heavy atom. The van der Waals surface area contributed by atoms with Gasteiger partial charge in [-0.1, -0.05) is 11.6 Å². The van der Waals surface area contributed by atoms with E-state index in [1.165, 1.54) is 18.0 Å². The van der Waals surface area contributed by atoms with Crippen molar-refractivity contribution in [1.29, 1.82) is 0 Å². The predicted octanol–water partition coefficient (Wildman–Crippen LogP) is 1.08. The maximum atomic E-state index is 11.6. The third-order valence-electron chi connectivity index (χ3n) is 2.50. The van der Waals surface area contributed by atoms with E-state index in [4.69, 9.17) is 17.3 Å². The summed E-state index contributed by atoms with van der Waals surface area (Å²) in [6.45, 7) is 0. The van der Waals surface area contributed by atoms with Gasteiger partial charge in [0.15, 0.2) is 5.16 Å². The molecule has 1 aliphatic rings. The van der Waals surface area contributed by atoms with Gasteiger partial charge >= 0.3 is 5.69 Å². The number of aromatic amines is 1. The molecule has 0 saturated heterocycles. The van der Waals surface area contributed by atoms with Crippen molar-refractivity contribution >= 4 is 29.3 Å². The molecule has 0 bridgehead atoms. The summed E-state index contributed by atoms with van der Waals surface area (Å²) < 4.78 is 1.62. The van der Waals surface area contributed by atoms with E-state index in [-0.39, 0.29) is 17.7 Å². The van der Waals surface area contributed by atoms with Gasteiger partial charge in [-0.2, -0.15) is 0 Å². The minimum absolute atomic E-state index is 0.137. The summed E-state index contributed by atoms with van der Waals surface area (Å²) in [5, 5.41) is 7.82. The third kappa shape index (κ3) is 2.08. The minimum Gasteiger partial charge on any atom is -0.368 e. The quantitative estimate of drug-likeness (QED) is 0.818. The van der Waals surface area contributed by atoms with Crippen molar-refractivity contribution in [3.05, 3.63) is 21.7 Å². The van der Waals surface area contributed by atoms with Gasteiger partial charge in [0.2, 0.25) is 5.95 Å². The summed E-state index contributed by atoms with van der Waals surface area (Å²) in [6.07, 6.45) is 3.41. The lowest BCUT2D eigenvalue weighted by atomic mass is 10.7. The van der Waals surface area contributed by atoms with E-state index in [0.29, 0.717) is 15.2 Å². The van der Waals surface area contributed by atoms with Crippen molar-refractivity contribution in [3.63, 3.8) is 0 Å². The normalized spacial score (nSPS) is 14.9. The van der Waals surface area contributed by atoms with Crippen molar-refractivity contribution in [2.24, 2.45) is 0 Å². The van der Waals surface area contributed by atoms with Gasteiger partial charge in [0.1, 0.15) is 5.03 Å². The van der Waals surface area contributed by atoms with Crippen molar-refractivity contribution < 1.29 is 0 Å². The fourth-order valence-electron chi connectivity index (χ4n) is 1.54. The average molecular weight is 285 g/mol. The third-order valence-corrected chi connectivity index (χ3v) is 3.87. The maximum absolute atomic E-state index is 11.6. The second-order valence-electron chi connectivity index (χ2n) is 3.90. The van der Waals surface area contributed by atoms with Gasteiger partial charge < -0.3 is 5.73 Å². The Balaban J connectivity index is 1.97. The Kier molecular flexibility index (Phi) is 2.75. The molecule has 0 spiro atoms. The molecule has 0 aromatic carbocycles. The SMILES string of the molecule is Nc1ncc(Cl)c(Sc2n[nH]c(=O)n2C2CC2)n1. The first-order valence-corrected chi connectivity index (χ1v) is 6.47. The zero-order valence-electron chi connectivity index (χ0n) is 9.13. The Morgan fingerprint density at radius 3 is 3.06 bits per heavy atom. The zero-order valence-corrected chi connectivity index (χ0v) is 10.7. The van der Waals surface area contributed by atoms with Crippen molar-refractivity contribution in [2.45, 2.75) is 29.1 Å². The second-order valence-corrected chi connectivity index (χ2v) is 5.26. The molecule has 18 heavy (non-hydrogen) atoms. The van der Waals surface area contributed by atoms with Gasteiger partial charge in [-0.25, -0.2) is 19.9 Å². The van der Waals surface area contributed by atoms with Crippen molar-refractivity contribution in [1.82, 2.24) is 24.7 Å². The highest BCUT2D eigenvalue weighted by Gasteiger charge is 2.29. The number of anilines is 1. The molecule has 2 heterocycles.